The molecule has 9 nitrogen and oxygen atoms in total. The van der Waals surface area contributed by atoms with Crippen molar-refractivity contribution in [1.82, 2.24) is 15.5 Å². The van der Waals surface area contributed by atoms with Crippen LogP contribution in [0, 0.1) is 5.82 Å². The van der Waals surface area contributed by atoms with Crippen molar-refractivity contribution in [3.05, 3.63) is 65.0 Å². The number of likely N-dealkylation sites (N-methyl/N-ethyl adjacent to an activating group) is 1. The number of hydrogen-bond donors (Lipinski definition) is 5. The number of nitrogens with zero attached hydrogens (tertiary/aromatic N) is 1. The molecule has 0 saturated heterocycles. The van der Waals surface area contributed by atoms with Crippen molar-refractivity contribution in [3.8, 4) is 5.75 Å². The van der Waals surface area contributed by atoms with Crippen LogP contribution in [0.4, 0.5) is 4.39 Å². The number of carbonyl (C=O) groups is 3. The summed E-state index contributed by atoms with van der Waals surface area (Å²) >= 11 is 0. The average molecular weight is 558 g/mol. The average Bonchev–Trinajstić information content (AvgIpc) is 2.87. The second kappa shape index (κ2) is 13.7. The van der Waals surface area contributed by atoms with Gasteiger partial charge in [-0.15, -0.1) is 0 Å². The quantitative estimate of drug-likeness (QED) is 0.255. The Morgan fingerprint density at radius 3 is 2.20 bits per heavy atom. The Morgan fingerprint density at radius 1 is 1.02 bits per heavy atom. The largest absolute Gasteiger partial charge is 0.508 e. The lowest BCUT2D eigenvalue weighted by atomic mass is 9.84. The van der Waals surface area contributed by atoms with Gasteiger partial charge in [0.05, 0.1) is 12.1 Å². The normalized spacial score (nSPS) is 13.4. The van der Waals surface area contributed by atoms with E-state index in [2.05, 4.69) is 10.6 Å². The first-order valence-electron chi connectivity index (χ1n) is 13.4. The van der Waals surface area contributed by atoms with Gasteiger partial charge in [-0.2, -0.15) is 0 Å². The van der Waals surface area contributed by atoms with Crippen LogP contribution in [-0.2, 0) is 32.6 Å². The van der Waals surface area contributed by atoms with Gasteiger partial charge in [-0.05, 0) is 67.0 Å². The van der Waals surface area contributed by atoms with Gasteiger partial charge >= 0.3 is 0 Å². The first-order chi connectivity index (χ1) is 18.5. The van der Waals surface area contributed by atoms with E-state index in [1.54, 1.807) is 45.2 Å². The zero-order valence-corrected chi connectivity index (χ0v) is 24.4. The number of primary amides is 1. The topological polar surface area (TPSA) is 151 Å². The first-order valence-corrected chi connectivity index (χ1v) is 13.4. The lowest BCUT2D eigenvalue weighted by Gasteiger charge is -2.40. The number of halogens is 1. The fourth-order valence-electron chi connectivity index (χ4n) is 4.35. The van der Waals surface area contributed by atoms with Gasteiger partial charge < -0.3 is 32.1 Å². The predicted molar refractivity (Wildman–Crippen MR) is 154 cm³/mol. The van der Waals surface area contributed by atoms with E-state index >= 15 is 0 Å². The molecule has 2 aromatic rings. The van der Waals surface area contributed by atoms with E-state index < -0.39 is 29.4 Å². The highest BCUT2D eigenvalue weighted by Crippen LogP contribution is 2.31. The van der Waals surface area contributed by atoms with Crippen LogP contribution < -0.4 is 22.1 Å². The Kier molecular flexibility index (Phi) is 11.2. The monoisotopic (exact) mass is 557 g/mol. The molecule has 0 saturated carbocycles. The van der Waals surface area contributed by atoms with E-state index in [0.29, 0.717) is 12.8 Å². The van der Waals surface area contributed by atoms with Crippen LogP contribution in [0.5, 0.6) is 5.75 Å². The second-order valence-corrected chi connectivity index (χ2v) is 11.8. The number of carbonyl (C=O) groups excluding carboxylic acids is 3. The summed E-state index contributed by atoms with van der Waals surface area (Å²) in [4.78, 5) is 39.0. The number of rotatable bonds is 13. The highest BCUT2D eigenvalue weighted by atomic mass is 19.1. The minimum atomic E-state index is -1.06. The third kappa shape index (κ3) is 9.31. The molecule has 0 bridgehead atoms. The number of aromatic hydroxyl groups is 1. The molecule has 2 unspecified atom stereocenters. The van der Waals surface area contributed by atoms with E-state index in [1.165, 1.54) is 17.0 Å². The van der Waals surface area contributed by atoms with Crippen molar-refractivity contribution in [1.29, 1.82) is 0 Å². The maximum atomic E-state index is 13.3. The fourth-order valence-corrected chi connectivity index (χ4v) is 4.35. The Bertz CT molecular complexity index is 1180. The Hall–Kier alpha value is -3.50. The molecule has 0 spiro atoms. The maximum Gasteiger partial charge on any atom is 0.239 e. The number of amides is 3. The fraction of sp³-hybridized carbons (Fsp3) is 0.500. The Labute approximate surface area is 236 Å². The first kappa shape index (κ1) is 32.7. The molecule has 2 atom stereocenters. The molecule has 40 heavy (non-hydrogen) atoms. The molecule has 0 radical (unpaired) electrons. The standard InChI is InChI=1S/C30H44FN5O4/c1-29(2,3)23-16-20(9-13-24(23)37)15-22(17-34-18-25(32)38)35-28(40)27(33)30(4,5)36(6)26(39)14-10-19-7-11-21(31)12-8-19/h7-9,11-13,16,22,27,34,37H,10,14-15,17-18,33H2,1-6H3,(H2,32,38)(H,35,40). The summed E-state index contributed by atoms with van der Waals surface area (Å²) in [5, 5.41) is 16.2. The summed E-state index contributed by atoms with van der Waals surface area (Å²) in [5.74, 6) is -1.32. The van der Waals surface area contributed by atoms with Crippen LogP contribution in [0.2, 0.25) is 0 Å². The molecule has 0 fully saturated rings. The predicted octanol–water partition coefficient (Wildman–Crippen LogP) is 2.13. The summed E-state index contributed by atoms with van der Waals surface area (Å²) in [6.07, 6.45) is 1.01. The SMILES string of the molecule is CN(C(=O)CCc1ccc(F)cc1)C(C)(C)C(N)C(=O)NC(CNCC(N)=O)Cc1ccc(O)c(C(C)(C)C)c1. The number of phenolic OH excluding ortho intramolecular Hbond substituents is 1. The second-order valence-electron chi connectivity index (χ2n) is 11.8. The van der Waals surface area contributed by atoms with Crippen molar-refractivity contribution >= 4 is 17.7 Å². The molecule has 2 aromatic carbocycles. The zero-order chi connectivity index (χ0) is 30.3. The van der Waals surface area contributed by atoms with Gasteiger partial charge in [0.25, 0.3) is 0 Å². The van der Waals surface area contributed by atoms with Gasteiger partial charge in [0.15, 0.2) is 0 Å². The third-order valence-corrected chi connectivity index (χ3v) is 7.21. The van der Waals surface area contributed by atoms with Gasteiger partial charge in [-0.3, -0.25) is 14.4 Å². The number of aryl methyl sites for hydroxylation is 1. The van der Waals surface area contributed by atoms with E-state index in [-0.39, 0.29) is 42.4 Å². The summed E-state index contributed by atoms with van der Waals surface area (Å²) in [6, 6.07) is 9.79. The van der Waals surface area contributed by atoms with Crippen LogP contribution in [0.3, 0.4) is 0 Å². The minimum absolute atomic E-state index is 0.0575. The minimum Gasteiger partial charge on any atom is -0.508 e. The molecule has 10 heteroatoms. The number of nitrogens with one attached hydrogen (secondary N) is 2. The third-order valence-electron chi connectivity index (χ3n) is 7.21. The summed E-state index contributed by atoms with van der Waals surface area (Å²) in [7, 11) is 1.61. The molecule has 2 rings (SSSR count). The van der Waals surface area contributed by atoms with Gasteiger partial charge in [0.2, 0.25) is 17.7 Å². The van der Waals surface area contributed by atoms with Crippen molar-refractivity contribution in [2.24, 2.45) is 11.5 Å². The molecule has 0 aromatic heterocycles. The van der Waals surface area contributed by atoms with Crippen molar-refractivity contribution in [2.45, 2.75) is 76.9 Å². The van der Waals surface area contributed by atoms with E-state index in [9.17, 15) is 23.9 Å². The van der Waals surface area contributed by atoms with Crippen molar-refractivity contribution in [2.75, 3.05) is 20.1 Å². The Morgan fingerprint density at radius 2 is 1.62 bits per heavy atom. The van der Waals surface area contributed by atoms with Crippen LogP contribution in [0.25, 0.3) is 0 Å². The zero-order valence-electron chi connectivity index (χ0n) is 24.4. The number of nitrogens with two attached hydrogens (primary N) is 2. The van der Waals surface area contributed by atoms with Crippen molar-refractivity contribution in [3.63, 3.8) is 0 Å². The highest BCUT2D eigenvalue weighted by molar-refractivity contribution is 5.85. The molecule has 0 aliphatic rings. The van der Waals surface area contributed by atoms with E-state index in [0.717, 1.165) is 16.7 Å². The molecule has 7 N–H and O–H groups in total. The van der Waals surface area contributed by atoms with E-state index in [4.69, 9.17) is 11.5 Å². The lowest BCUT2D eigenvalue weighted by molar-refractivity contribution is -0.137. The molecule has 3 amide bonds. The van der Waals surface area contributed by atoms with Crippen molar-refractivity contribution < 1.29 is 23.9 Å². The molecule has 0 aliphatic carbocycles. The van der Waals surface area contributed by atoms with Gasteiger partial charge in [0, 0.05) is 26.1 Å². The van der Waals surface area contributed by atoms with Crippen LogP contribution in [0.15, 0.2) is 42.5 Å². The van der Waals surface area contributed by atoms with Crippen LogP contribution in [-0.4, -0.2) is 65.5 Å². The molecular weight excluding hydrogens is 513 g/mol. The number of hydrogen-bond acceptors (Lipinski definition) is 6. The van der Waals surface area contributed by atoms with Gasteiger partial charge in [-0.25, -0.2) is 4.39 Å². The van der Waals surface area contributed by atoms with Crippen LogP contribution in [0.1, 0.15) is 57.7 Å². The maximum absolute atomic E-state index is 13.3. The smallest absolute Gasteiger partial charge is 0.239 e. The van der Waals surface area contributed by atoms with Crippen LogP contribution >= 0.6 is 0 Å². The summed E-state index contributed by atoms with van der Waals surface area (Å²) in [6.45, 7) is 9.64. The van der Waals surface area contributed by atoms with Gasteiger partial charge in [-0.1, -0.05) is 45.0 Å². The molecular formula is C30H44FN5O4. The molecule has 220 valence electrons. The lowest BCUT2D eigenvalue weighted by Crippen LogP contribution is -2.63. The molecule has 0 aliphatic heterocycles. The molecule has 0 heterocycles. The van der Waals surface area contributed by atoms with E-state index in [1.807, 2.05) is 26.8 Å². The Balaban J connectivity index is 2.13. The summed E-state index contributed by atoms with van der Waals surface area (Å²) < 4.78 is 13.2. The van der Waals surface area contributed by atoms with Gasteiger partial charge in [0.1, 0.15) is 17.6 Å². The summed E-state index contributed by atoms with van der Waals surface area (Å²) in [5.41, 5.74) is 12.8. The highest BCUT2D eigenvalue weighted by Gasteiger charge is 2.38. The number of phenols is 1. The number of benzene rings is 2.